The molecule has 1 unspecified atom stereocenters. The Morgan fingerprint density at radius 3 is 2.70 bits per heavy atom. The quantitative estimate of drug-likeness (QED) is 0.689. The highest BCUT2D eigenvalue weighted by atomic mass is 32.1. The second-order valence-corrected chi connectivity index (χ2v) is 6.41. The smallest absolute Gasteiger partial charge is 0.272 e. The van der Waals surface area contributed by atoms with E-state index in [0.717, 1.165) is 11.3 Å². The van der Waals surface area contributed by atoms with Gasteiger partial charge in [-0.05, 0) is 37.3 Å². The van der Waals surface area contributed by atoms with Crippen molar-refractivity contribution in [3.63, 3.8) is 0 Å². The van der Waals surface area contributed by atoms with Crippen LogP contribution in [0.25, 0.3) is 10.6 Å². The number of halogens is 1. The highest BCUT2D eigenvalue weighted by Crippen LogP contribution is 2.26. The molecule has 3 aromatic rings. The van der Waals surface area contributed by atoms with E-state index in [-0.39, 0.29) is 11.3 Å². The molecule has 0 aliphatic carbocycles. The zero-order valence-electron chi connectivity index (χ0n) is 14.5. The van der Waals surface area contributed by atoms with Crippen LogP contribution in [0.4, 0.5) is 4.39 Å². The number of thiazole rings is 1. The van der Waals surface area contributed by atoms with Gasteiger partial charge in [-0.1, -0.05) is 18.2 Å². The van der Waals surface area contributed by atoms with Crippen molar-refractivity contribution in [2.24, 2.45) is 0 Å². The van der Waals surface area contributed by atoms with Crippen molar-refractivity contribution in [2.45, 2.75) is 13.0 Å². The number of aromatic nitrogens is 1. The predicted molar refractivity (Wildman–Crippen MR) is 101 cm³/mol. The van der Waals surface area contributed by atoms with Crippen molar-refractivity contribution in [1.29, 1.82) is 5.26 Å². The Bertz CT molecular complexity index is 979. The maximum atomic E-state index is 13.9. The number of hydrogen-bond donors (Lipinski definition) is 1. The number of amides is 1. The molecule has 0 aliphatic heterocycles. The van der Waals surface area contributed by atoms with E-state index >= 15 is 0 Å². The monoisotopic (exact) mass is 381 g/mol. The molecule has 1 heterocycles. The second-order valence-electron chi connectivity index (χ2n) is 5.55. The summed E-state index contributed by atoms with van der Waals surface area (Å²) in [7, 11) is 0. The Hall–Kier alpha value is -3.24. The molecule has 7 heteroatoms. The van der Waals surface area contributed by atoms with E-state index in [4.69, 9.17) is 4.74 Å². The first kappa shape index (κ1) is 18.5. The van der Waals surface area contributed by atoms with Crippen LogP contribution in [-0.2, 0) is 0 Å². The fourth-order valence-electron chi connectivity index (χ4n) is 2.46. The predicted octanol–water partition coefficient (Wildman–Crippen LogP) is 4.34. The summed E-state index contributed by atoms with van der Waals surface area (Å²) in [6.07, 6.45) is 0. The van der Waals surface area contributed by atoms with E-state index in [1.54, 1.807) is 11.4 Å². The van der Waals surface area contributed by atoms with E-state index in [1.165, 1.54) is 29.5 Å². The number of hydrogen-bond acceptors (Lipinski definition) is 5. The Morgan fingerprint density at radius 2 is 2.04 bits per heavy atom. The van der Waals surface area contributed by atoms with Crippen molar-refractivity contribution in [3.05, 3.63) is 71.0 Å². The average molecular weight is 381 g/mol. The van der Waals surface area contributed by atoms with Gasteiger partial charge in [-0.2, -0.15) is 5.26 Å². The lowest BCUT2D eigenvalue weighted by Gasteiger charge is -2.11. The van der Waals surface area contributed by atoms with Crippen LogP contribution in [0.2, 0.25) is 0 Å². The summed E-state index contributed by atoms with van der Waals surface area (Å²) in [5, 5.41) is 14.1. The third-order valence-electron chi connectivity index (χ3n) is 3.77. The fourth-order valence-corrected chi connectivity index (χ4v) is 3.27. The molecule has 1 amide bonds. The van der Waals surface area contributed by atoms with Gasteiger partial charge in [-0.15, -0.1) is 11.3 Å². The maximum absolute atomic E-state index is 13.9. The van der Waals surface area contributed by atoms with Crippen LogP contribution in [0, 0.1) is 17.1 Å². The number of ether oxygens (including phenoxy) is 1. The highest BCUT2D eigenvalue weighted by molar-refractivity contribution is 7.13. The van der Waals surface area contributed by atoms with Crippen molar-refractivity contribution in [1.82, 2.24) is 10.3 Å². The first-order valence-corrected chi connectivity index (χ1v) is 9.14. The van der Waals surface area contributed by atoms with Crippen LogP contribution in [0.15, 0.2) is 53.9 Å². The van der Waals surface area contributed by atoms with E-state index in [2.05, 4.69) is 10.3 Å². The third kappa shape index (κ3) is 4.30. The summed E-state index contributed by atoms with van der Waals surface area (Å²) in [6, 6.07) is 14.1. The van der Waals surface area contributed by atoms with Gasteiger partial charge >= 0.3 is 0 Å². The molecular formula is C20H16FN3O2S. The lowest BCUT2D eigenvalue weighted by molar-refractivity contribution is 0.0940. The van der Waals surface area contributed by atoms with Crippen LogP contribution in [0.3, 0.4) is 0 Å². The molecule has 3 rings (SSSR count). The van der Waals surface area contributed by atoms with E-state index in [0.29, 0.717) is 11.6 Å². The minimum atomic E-state index is -1.09. The molecule has 1 N–H and O–H groups in total. The molecule has 0 bridgehead atoms. The number of benzene rings is 2. The van der Waals surface area contributed by atoms with Crippen LogP contribution >= 0.6 is 11.3 Å². The number of nitrogens with one attached hydrogen (secondary N) is 1. The van der Waals surface area contributed by atoms with Gasteiger partial charge in [0.2, 0.25) is 0 Å². The molecule has 1 atom stereocenters. The SMILES string of the molecule is CCOc1ccc(-c2nc(C(=O)NC(C#N)c3ccccc3F)cs2)cc1. The first-order chi connectivity index (χ1) is 13.1. The summed E-state index contributed by atoms with van der Waals surface area (Å²) in [6.45, 7) is 2.50. The largest absolute Gasteiger partial charge is 0.494 e. The van der Waals surface area contributed by atoms with Crippen LogP contribution < -0.4 is 10.1 Å². The number of carbonyl (C=O) groups excluding carboxylic acids is 1. The molecule has 5 nitrogen and oxygen atoms in total. The molecule has 2 aromatic carbocycles. The topological polar surface area (TPSA) is 75.0 Å². The molecule has 0 saturated carbocycles. The Balaban J connectivity index is 1.74. The summed E-state index contributed by atoms with van der Waals surface area (Å²) in [5.41, 5.74) is 1.16. The lowest BCUT2D eigenvalue weighted by atomic mass is 10.1. The Kier molecular flexibility index (Phi) is 5.79. The molecule has 0 radical (unpaired) electrons. The fraction of sp³-hybridized carbons (Fsp3) is 0.150. The molecule has 27 heavy (non-hydrogen) atoms. The van der Waals surface area contributed by atoms with Crippen LogP contribution in [0.1, 0.15) is 29.0 Å². The number of rotatable bonds is 6. The van der Waals surface area contributed by atoms with E-state index < -0.39 is 17.8 Å². The van der Waals surface area contributed by atoms with Gasteiger partial charge in [0.15, 0.2) is 0 Å². The minimum absolute atomic E-state index is 0.121. The molecule has 0 saturated heterocycles. The molecule has 136 valence electrons. The zero-order valence-corrected chi connectivity index (χ0v) is 15.3. The highest BCUT2D eigenvalue weighted by Gasteiger charge is 2.20. The average Bonchev–Trinajstić information content (AvgIpc) is 3.18. The van der Waals surface area contributed by atoms with Gasteiger partial charge in [-0.25, -0.2) is 9.37 Å². The van der Waals surface area contributed by atoms with E-state index in [1.807, 2.05) is 37.3 Å². The number of nitriles is 1. The zero-order chi connectivity index (χ0) is 19.2. The van der Waals surface area contributed by atoms with Crippen LogP contribution in [-0.4, -0.2) is 17.5 Å². The molecule has 0 fully saturated rings. The van der Waals surface area contributed by atoms with Gasteiger partial charge in [0, 0.05) is 16.5 Å². The molecule has 1 aromatic heterocycles. The lowest BCUT2D eigenvalue weighted by Crippen LogP contribution is -2.28. The van der Waals surface area contributed by atoms with Gasteiger partial charge in [0.05, 0.1) is 12.7 Å². The van der Waals surface area contributed by atoms with Crippen molar-refractivity contribution >= 4 is 17.2 Å². The molecular weight excluding hydrogens is 365 g/mol. The molecule has 0 spiro atoms. The van der Waals surface area contributed by atoms with Crippen LogP contribution in [0.5, 0.6) is 5.75 Å². The Labute approximate surface area is 160 Å². The summed E-state index contributed by atoms with van der Waals surface area (Å²) >= 11 is 1.31. The van der Waals surface area contributed by atoms with Crippen molar-refractivity contribution in [2.75, 3.05) is 6.61 Å². The molecule has 0 aliphatic rings. The third-order valence-corrected chi connectivity index (χ3v) is 4.66. The van der Waals surface area contributed by atoms with Gasteiger partial charge < -0.3 is 10.1 Å². The maximum Gasteiger partial charge on any atom is 0.272 e. The van der Waals surface area contributed by atoms with E-state index in [9.17, 15) is 14.4 Å². The Morgan fingerprint density at radius 1 is 1.30 bits per heavy atom. The minimum Gasteiger partial charge on any atom is -0.494 e. The van der Waals surface area contributed by atoms with Gasteiger partial charge in [0.25, 0.3) is 5.91 Å². The van der Waals surface area contributed by atoms with Crippen molar-refractivity contribution in [3.8, 4) is 22.4 Å². The number of nitrogens with zero attached hydrogens (tertiary/aromatic N) is 2. The summed E-state index contributed by atoms with van der Waals surface area (Å²) in [4.78, 5) is 16.7. The first-order valence-electron chi connectivity index (χ1n) is 8.26. The summed E-state index contributed by atoms with van der Waals surface area (Å²) < 4.78 is 19.3. The van der Waals surface area contributed by atoms with Gasteiger partial charge in [-0.3, -0.25) is 4.79 Å². The second kappa shape index (κ2) is 8.43. The normalized spacial score (nSPS) is 11.4. The van der Waals surface area contributed by atoms with Gasteiger partial charge in [0.1, 0.15) is 28.3 Å². The number of carbonyl (C=O) groups is 1. The van der Waals surface area contributed by atoms with Crippen molar-refractivity contribution < 1.29 is 13.9 Å². The summed E-state index contributed by atoms with van der Waals surface area (Å²) in [5.74, 6) is -0.312. The standard InChI is InChI=1S/C20H16FN3O2S/c1-2-26-14-9-7-13(8-10-14)20-24-18(12-27-20)19(25)23-17(11-22)15-5-3-4-6-16(15)21/h3-10,12,17H,2H2,1H3,(H,23,25).